The molecule has 2 aromatic heterocycles. The van der Waals surface area contributed by atoms with Gasteiger partial charge in [-0.15, -0.1) is 0 Å². The Balaban J connectivity index is 2.29. The van der Waals surface area contributed by atoms with Gasteiger partial charge in [-0.25, -0.2) is 9.97 Å². The van der Waals surface area contributed by atoms with E-state index in [1.807, 2.05) is 42.5 Å². The molecular formula is C15H9Cl2N3. The van der Waals surface area contributed by atoms with Crippen LogP contribution in [0.5, 0.6) is 0 Å². The zero-order valence-corrected chi connectivity index (χ0v) is 11.8. The Labute approximate surface area is 126 Å². The fraction of sp³-hybridized carbons (Fsp3) is 0. The fourth-order valence-corrected chi connectivity index (χ4v) is 2.47. The number of hydrogen-bond acceptors (Lipinski definition) is 3. The molecule has 0 fully saturated rings. The van der Waals surface area contributed by atoms with Crippen LogP contribution in [-0.4, -0.2) is 15.0 Å². The summed E-state index contributed by atoms with van der Waals surface area (Å²) in [6.45, 7) is 0. The smallest absolute Gasteiger partial charge is 0.224 e. The lowest BCUT2D eigenvalue weighted by molar-refractivity contribution is 1.17. The van der Waals surface area contributed by atoms with Crippen LogP contribution in [0, 0.1) is 0 Å². The van der Waals surface area contributed by atoms with E-state index >= 15 is 0 Å². The highest BCUT2D eigenvalue weighted by Crippen LogP contribution is 2.35. The summed E-state index contributed by atoms with van der Waals surface area (Å²) in [5, 5.41) is 0.443. The third-order valence-corrected chi connectivity index (χ3v) is 3.28. The molecule has 1 aromatic carbocycles. The molecule has 0 bridgehead atoms. The number of pyridine rings is 1. The van der Waals surface area contributed by atoms with Gasteiger partial charge < -0.3 is 0 Å². The summed E-state index contributed by atoms with van der Waals surface area (Å²) in [5.41, 5.74) is 3.21. The standard InChI is InChI=1S/C15H9Cl2N3/c16-14-12(11-7-4-8-18-9-11)13(19-15(17)20-14)10-5-2-1-3-6-10/h1-9H. The van der Waals surface area contributed by atoms with Crippen LogP contribution in [0.1, 0.15) is 0 Å². The second kappa shape index (κ2) is 5.57. The summed E-state index contributed by atoms with van der Waals surface area (Å²) in [5.74, 6) is 0. The molecule has 0 aliphatic carbocycles. The van der Waals surface area contributed by atoms with Crippen LogP contribution in [0.4, 0.5) is 0 Å². The molecule has 0 saturated carbocycles. The summed E-state index contributed by atoms with van der Waals surface area (Å²) in [6, 6.07) is 13.5. The molecule has 0 atom stereocenters. The van der Waals surface area contributed by atoms with Crippen LogP contribution in [-0.2, 0) is 0 Å². The lowest BCUT2D eigenvalue weighted by atomic mass is 10.0. The molecule has 3 rings (SSSR count). The molecule has 2 heterocycles. The predicted molar refractivity (Wildman–Crippen MR) is 80.7 cm³/mol. The first-order valence-electron chi connectivity index (χ1n) is 5.94. The van der Waals surface area contributed by atoms with Gasteiger partial charge in [-0.2, -0.15) is 0 Å². The molecule has 0 aliphatic rings. The van der Waals surface area contributed by atoms with Crippen molar-refractivity contribution in [3.8, 4) is 22.4 Å². The molecule has 0 amide bonds. The Morgan fingerprint density at radius 1 is 0.800 bits per heavy atom. The molecule has 5 heteroatoms. The van der Waals surface area contributed by atoms with E-state index < -0.39 is 0 Å². The van der Waals surface area contributed by atoms with E-state index in [1.54, 1.807) is 12.4 Å². The predicted octanol–water partition coefficient (Wildman–Crippen LogP) is 4.51. The van der Waals surface area contributed by atoms with Crippen LogP contribution < -0.4 is 0 Å². The molecular weight excluding hydrogens is 293 g/mol. The average molecular weight is 302 g/mol. The molecule has 3 nitrogen and oxygen atoms in total. The summed E-state index contributed by atoms with van der Waals surface area (Å²) >= 11 is 12.2. The number of hydrogen-bond donors (Lipinski definition) is 0. The van der Waals surface area contributed by atoms with Gasteiger partial charge in [0, 0.05) is 29.1 Å². The minimum atomic E-state index is 0.126. The average Bonchev–Trinajstić information content (AvgIpc) is 2.48. The molecule has 0 saturated heterocycles. The zero-order valence-electron chi connectivity index (χ0n) is 10.3. The lowest BCUT2D eigenvalue weighted by Gasteiger charge is -2.10. The molecule has 0 spiro atoms. The number of nitrogens with zero attached hydrogens (tertiary/aromatic N) is 3. The number of rotatable bonds is 2. The molecule has 0 radical (unpaired) electrons. The number of benzene rings is 1. The van der Waals surface area contributed by atoms with E-state index in [1.165, 1.54) is 0 Å². The number of aromatic nitrogens is 3. The van der Waals surface area contributed by atoms with Gasteiger partial charge in [-0.1, -0.05) is 48.0 Å². The highest BCUT2D eigenvalue weighted by Gasteiger charge is 2.15. The lowest BCUT2D eigenvalue weighted by Crippen LogP contribution is -1.95. The molecule has 0 unspecified atom stereocenters. The Bertz CT molecular complexity index is 731. The maximum atomic E-state index is 6.26. The van der Waals surface area contributed by atoms with Crippen LogP contribution in [0.25, 0.3) is 22.4 Å². The number of halogens is 2. The van der Waals surface area contributed by atoms with Gasteiger partial charge in [0.25, 0.3) is 0 Å². The molecule has 0 aliphatic heterocycles. The van der Waals surface area contributed by atoms with Gasteiger partial charge in [0.15, 0.2) is 0 Å². The largest absolute Gasteiger partial charge is 0.264 e. The monoisotopic (exact) mass is 301 g/mol. The van der Waals surface area contributed by atoms with E-state index in [4.69, 9.17) is 23.2 Å². The molecule has 3 aromatic rings. The minimum absolute atomic E-state index is 0.126. The van der Waals surface area contributed by atoms with Crippen molar-refractivity contribution in [1.82, 2.24) is 15.0 Å². The van der Waals surface area contributed by atoms with Crippen LogP contribution in [0.15, 0.2) is 54.9 Å². The Kier molecular flexibility index (Phi) is 3.63. The van der Waals surface area contributed by atoms with Gasteiger partial charge in [-0.05, 0) is 17.7 Å². The molecule has 98 valence electrons. The Morgan fingerprint density at radius 3 is 2.25 bits per heavy atom. The summed E-state index contributed by atoms with van der Waals surface area (Å²) in [6.07, 6.45) is 3.43. The Hall–Kier alpha value is -1.97. The van der Waals surface area contributed by atoms with Crippen molar-refractivity contribution >= 4 is 23.2 Å². The van der Waals surface area contributed by atoms with Gasteiger partial charge in [0.2, 0.25) is 5.28 Å². The van der Waals surface area contributed by atoms with Crippen molar-refractivity contribution in [3.63, 3.8) is 0 Å². The quantitative estimate of drug-likeness (QED) is 0.516. The van der Waals surface area contributed by atoms with Gasteiger partial charge in [0.05, 0.1) is 5.69 Å². The summed E-state index contributed by atoms with van der Waals surface area (Å²) in [7, 11) is 0. The van der Waals surface area contributed by atoms with E-state index in [2.05, 4.69) is 15.0 Å². The highest BCUT2D eigenvalue weighted by molar-refractivity contribution is 6.34. The normalized spacial score (nSPS) is 10.5. The Morgan fingerprint density at radius 2 is 1.55 bits per heavy atom. The first-order chi connectivity index (χ1) is 9.75. The summed E-state index contributed by atoms with van der Waals surface area (Å²) < 4.78 is 0. The van der Waals surface area contributed by atoms with Gasteiger partial charge >= 0.3 is 0 Å². The fourth-order valence-electron chi connectivity index (χ4n) is 1.98. The highest BCUT2D eigenvalue weighted by atomic mass is 35.5. The molecule has 20 heavy (non-hydrogen) atoms. The van der Waals surface area contributed by atoms with E-state index in [0.717, 1.165) is 16.7 Å². The van der Waals surface area contributed by atoms with Crippen molar-refractivity contribution in [2.24, 2.45) is 0 Å². The van der Waals surface area contributed by atoms with Crippen molar-refractivity contribution in [3.05, 3.63) is 65.3 Å². The SMILES string of the molecule is Clc1nc(Cl)c(-c2cccnc2)c(-c2ccccc2)n1. The van der Waals surface area contributed by atoms with Crippen molar-refractivity contribution in [2.45, 2.75) is 0 Å². The van der Waals surface area contributed by atoms with Crippen molar-refractivity contribution < 1.29 is 0 Å². The first kappa shape index (κ1) is 13.0. The van der Waals surface area contributed by atoms with Crippen LogP contribution in [0.2, 0.25) is 10.4 Å². The van der Waals surface area contributed by atoms with Crippen molar-refractivity contribution in [1.29, 1.82) is 0 Å². The first-order valence-corrected chi connectivity index (χ1v) is 6.70. The second-order valence-corrected chi connectivity index (χ2v) is 4.81. The van der Waals surface area contributed by atoms with Gasteiger partial charge in [0.1, 0.15) is 5.15 Å². The maximum absolute atomic E-state index is 6.26. The molecule has 0 N–H and O–H groups in total. The summed E-state index contributed by atoms with van der Waals surface area (Å²) in [4.78, 5) is 12.5. The third-order valence-electron chi connectivity index (χ3n) is 2.84. The van der Waals surface area contributed by atoms with Crippen LogP contribution >= 0.6 is 23.2 Å². The van der Waals surface area contributed by atoms with E-state index in [-0.39, 0.29) is 5.28 Å². The maximum Gasteiger partial charge on any atom is 0.224 e. The van der Waals surface area contributed by atoms with E-state index in [9.17, 15) is 0 Å². The topological polar surface area (TPSA) is 38.7 Å². The minimum Gasteiger partial charge on any atom is -0.264 e. The van der Waals surface area contributed by atoms with E-state index in [0.29, 0.717) is 10.8 Å². The van der Waals surface area contributed by atoms with Gasteiger partial charge in [-0.3, -0.25) is 4.98 Å². The van der Waals surface area contributed by atoms with Crippen LogP contribution in [0.3, 0.4) is 0 Å². The second-order valence-electron chi connectivity index (χ2n) is 4.11. The van der Waals surface area contributed by atoms with Crippen molar-refractivity contribution in [2.75, 3.05) is 0 Å². The third kappa shape index (κ3) is 2.50. The zero-order chi connectivity index (χ0) is 13.9.